The van der Waals surface area contributed by atoms with Crippen LogP contribution in [-0.4, -0.2) is 18.5 Å². The van der Waals surface area contributed by atoms with Crippen LogP contribution in [0.2, 0.25) is 0 Å². The minimum absolute atomic E-state index is 0.119. The van der Waals surface area contributed by atoms with Gasteiger partial charge in [0.1, 0.15) is 5.76 Å². The van der Waals surface area contributed by atoms with Crippen LogP contribution in [-0.2, 0) is 35.3 Å². The summed E-state index contributed by atoms with van der Waals surface area (Å²) in [4.78, 5) is 26.5. The molecule has 0 bridgehead atoms. The Balaban J connectivity index is 1.71. The lowest BCUT2D eigenvalue weighted by Crippen LogP contribution is -2.24. The molecule has 2 aromatic heterocycles. The van der Waals surface area contributed by atoms with Crippen molar-refractivity contribution in [2.45, 2.75) is 39.2 Å². The molecule has 0 aliphatic heterocycles. The second-order valence-corrected chi connectivity index (χ2v) is 6.60. The molecule has 0 aromatic carbocycles. The van der Waals surface area contributed by atoms with Gasteiger partial charge in [0.15, 0.2) is 0 Å². The smallest absolute Gasteiger partial charge is 0.339 e. The van der Waals surface area contributed by atoms with Crippen molar-refractivity contribution in [2.75, 3.05) is 6.61 Å². The summed E-state index contributed by atoms with van der Waals surface area (Å²) in [6, 6.07) is 3.59. The Morgan fingerprint density at radius 3 is 3.00 bits per heavy atom. The van der Waals surface area contributed by atoms with Crippen LogP contribution in [0, 0.1) is 0 Å². The van der Waals surface area contributed by atoms with Crippen LogP contribution in [0.1, 0.15) is 44.8 Å². The van der Waals surface area contributed by atoms with Gasteiger partial charge in [-0.05, 0) is 43.9 Å². The number of carbonyl (C=O) groups excluding carboxylic acids is 2. The Labute approximate surface area is 138 Å². The minimum Gasteiger partial charge on any atom is -0.467 e. The fourth-order valence-corrected chi connectivity index (χ4v) is 4.22. The van der Waals surface area contributed by atoms with E-state index in [0.717, 1.165) is 29.7 Å². The Morgan fingerprint density at radius 2 is 2.26 bits per heavy atom. The van der Waals surface area contributed by atoms with Crippen molar-refractivity contribution in [2.24, 2.45) is 0 Å². The Kier molecular flexibility index (Phi) is 4.81. The molecule has 0 atom stereocenters. The first-order valence-corrected chi connectivity index (χ1v) is 8.60. The molecule has 3 rings (SSSR count). The fraction of sp³-hybridized carbons (Fsp3) is 0.412. The third-order valence-corrected chi connectivity index (χ3v) is 5.13. The van der Waals surface area contributed by atoms with E-state index in [0.29, 0.717) is 24.5 Å². The molecule has 1 aliphatic rings. The van der Waals surface area contributed by atoms with Crippen molar-refractivity contribution in [1.82, 2.24) is 5.32 Å². The van der Waals surface area contributed by atoms with Gasteiger partial charge in [-0.25, -0.2) is 4.79 Å². The van der Waals surface area contributed by atoms with E-state index >= 15 is 0 Å². The van der Waals surface area contributed by atoms with Crippen molar-refractivity contribution in [1.29, 1.82) is 0 Å². The van der Waals surface area contributed by atoms with Crippen molar-refractivity contribution in [3.05, 3.63) is 45.0 Å². The van der Waals surface area contributed by atoms with Gasteiger partial charge in [0.25, 0.3) is 0 Å². The average molecular weight is 333 g/mol. The standard InChI is InChI=1S/C17H19NO4S/c1-2-21-17(20)16-12-6-3-7-13(12)23-14(16)9-15(19)18-10-11-5-4-8-22-11/h4-5,8H,2-3,6-7,9-10H2,1H3,(H,18,19). The van der Waals surface area contributed by atoms with Gasteiger partial charge in [-0.3, -0.25) is 4.79 Å². The number of nitrogens with one attached hydrogen (secondary N) is 1. The highest BCUT2D eigenvalue weighted by molar-refractivity contribution is 7.12. The number of ether oxygens (including phenoxy) is 1. The van der Waals surface area contributed by atoms with Crippen LogP contribution in [0.15, 0.2) is 22.8 Å². The average Bonchev–Trinajstić information content (AvgIpc) is 3.22. The molecule has 0 spiro atoms. The quantitative estimate of drug-likeness (QED) is 0.825. The molecule has 23 heavy (non-hydrogen) atoms. The van der Waals surface area contributed by atoms with E-state index in [4.69, 9.17) is 9.15 Å². The van der Waals surface area contributed by atoms with Crippen LogP contribution in [0.4, 0.5) is 0 Å². The third-order valence-electron chi connectivity index (χ3n) is 3.83. The van der Waals surface area contributed by atoms with Crippen LogP contribution >= 0.6 is 11.3 Å². The van der Waals surface area contributed by atoms with Crippen molar-refractivity contribution in [3.63, 3.8) is 0 Å². The minimum atomic E-state index is -0.305. The molecule has 122 valence electrons. The molecular weight excluding hydrogens is 314 g/mol. The summed E-state index contributed by atoms with van der Waals surface area (Å²) >= 11 is 1.57. The summed E-state index contributed by atoms with van der Waals surface area (Å²) in [6.45, 7) is 2.49. The fourth-order valence-electron chi connectivity index (χ4n) is 2.83. The van der Waals surface area contributed by atoms with E-state index in [9.17, 15) is 9.59 Å². The van der Waals surface area contributed by atoms with Gasteiger partial charge in [-0.1, -0.05) is 0 Å². The molecule has 0 unspecified atom stereocenters. The van der Waals surface area contributed by atoms with E-state index < -0.39 is 0 Å². The maximum atomic E-state index is 12.3. The lowest BCUT2D eigenvalue weighted by molar-refractivity contribution is -0.120. The molecule has 1 N–H and O–H groups in total. The molecule has 0 saturated heterocycles. The predicted molar refractivity (Wildman–Crippen MR) is 86.6 cm³/mol. The summed E-state index contributed by atoms with van der Waals surface area (Å²) < 4.78 is 10.4. The second-order valence-electron chi connectivity index (χ2n) is 5.41. The summed E-state index contributed by atoms with van der Waals surface area (Å²) in [5.41, 5.74) is 1.71. The molecule has 1 aliphatic carbocycles. The molecule has 0 radical (unpaired) electrons. The zero-order chi connectivity index (χ0) is 16.2. The van der Waals surface area contributed by atoms with Gasteiger partial charge in [-0.2, -0.15) is 0 Å². The number of rotatable bonds is 6. The first-order valence-electron chi connectivity index (χ1n) is 7.78. The van der Waals surface area contributed by atoms with E-state index in [1.54, 1.807) is 30.6 Å². The van der Waals surface area contributed by atoms with Gasteiger partial charge < -0.3 is 14.5 Å². The number of hydrogen-bond donors (Lipinski definition) is 1. The predicted octanol–water partition coefficient (Wildman–Crippen LogP) is 2.87. The topological polar surface area (TPSA) is 68.5 Å². The van der Waals surface area contributed by atoms with Gasteiger partial charge in [0.2, 0.25) is 5.91 Å². The molecule has 0 saturated carbocycles. The first-order chi connectivity index (χ1) is 11.2. The zero-order valence-electron chi connectivity index (χ0n) is 13.0. The number of esters is 1. The van der Waals surface area contributed by atoms with E-state index in [1.165, 1.54) is 4.88 Å². The van der Waals surface area contributed by atoms with Crippen molar-refractivity contribution < 1.29 is 18.7 Å². The SMILES string of the molecule is CCOC(=O)c1c(CC(=O)NCc2ccco2)sc2c1CCC2. The molecular formula is C17H19NO4S. The Bertz CT molecular complexity index is 703. The number of aryl methyl sites for hydroxylation is 1. The maximum Gasteiger partial charge on any atom is 0.339 e. The Morgan fingerprint density at radius 1 is 1.39 bits per heavy atom. The highest BCUT2D eigenvalue weighted by Gasteiger charge is 2.28. The highest BCUT2D eigenvalue weighted by atomic mass is 32.1. The monoisotopic (exact) mass is 333 g/mol. The maximum absolute atomic E-state index is 12.3. The van der Waals surface area contributed by atoms with Gasteiger partial charge in [-0.15, -0.1) is 11.3 Å². The lowest BCUT2D eigenvalue weighted by Gasteiger charge is -2.07. The summed E-state index contributed by atoms with van der Waals surface area (Å²) in [5, 5.41) is 2.82. The van der Waals surface area contributed by atoms with Crippen LogP contribution in [0.3, 0.4) is 0 Å². The summed E-state index contributed by atoms with van der Waals surface area (Å²) in [6.07, 6.45) is 4.73. The molecule has 6 heteroatoms. The highest BCUT2D eigenvalue weighted by Crippen LogP contribution is 2.36. The third kappa shape index (κ3) is 3.47. The number of hydrogen-bond acceptors (Lipinski definition) is 5. The van der Waals surface area contributed by atoms with E-state index in [1.807, 2.05) is 6.07 Å². The molecule has 5 nitrogen and oxygen atoms in total. The zero-order valence-corrected chi connectivity index (χ0v) is 13.8. The molecule has 2 aromatic rings. The molecule has 1 amide bonds. The number of carbonyl (C=O) groups is 2. The number of amides is 1. The van der Waals surface area contributed by atoms with Crippen molar-refractivity contribution in [3.8, 4) is 0 Å². The van der Waals surface area contributed by atoms with Gasteiger partial charge in [0, 0.05) is 9.75 Å². The normalized spacial score (nSPS) is 12.9. The van der Waals surface area contributed by atoms with Crippen LogP contribution in [0.25, 0.3) is 0 Å². The van der Waals surface area contributed by atoms with Crippen molar-refractivity contribution >= 4 is 23.2 Å². The summed E-state index contributed by atoms with van der Waals surface area (Å²) in [7, 11) is 0. The number of thiophene rings is 1. The van der Waals surface area contributed by atoms with Crippen LogP contribution in [0.5, 0.6) is 0 Å². The molecule has 2 heterocycles. The van der Waals surface area contributed by atoms with Gasteiger partial charge in [0.05, 0.1) is 31.4 Å². The number of furan rings is 1. The lowest BCUT2D eigenvalue weighted by atomic mass is 10.1. The Hall–Kier alpha value is -2.08. The van der Waals surface area contributed by atoms with Gasteiger partial charge >= 0.3 is 5.97 Å². The van der Waals surface area contributed by atoms with E-state index in [2.05, 4.69) is 5.32 Å². The molecule has 0 fully saturated rings. The second kappa shape index (κ2) is 7.00. The summed E-state index contributed by atoms with van der Waals surface area (Å²) in [5.74, 6) is 0.283. The van der Waals surface area contributed by atoms with E-state index in [-0.39, 0.29) is 18.3 Å². The van der Waals surface area contributed by atoms with Crippen LogP contribution < -0.4 is 5.32 Å². The first kappa shape index (κ1) is 15.8. The largest absolute Gasteiger partial charge is 0.467 e. The number of fused-ring (bicyclic) bond motifs is 1.